The molecule has 4 nitrogen and oxygen atoms in total. The van der Waals surface area contributed by atoms with Crippen LogP contribution in [-0.4, -0.2) is 57.2 Å². The second-order valence-electron chi connectivity index (χ2n) is 7.58. The topological polar surface area (TPSA) is 63.9 Å². The SMILES string of the molecule is CC[C@H](O)/C(C)=C/C[C@@H](C)/C=C1\CN2CCC[C@H]2[C@@](C)(O)[C@@H]1O. The number of nitrogens with zero attached hydrogens (tertiary/aromatic N) is 1. The van der Waals surface area contributed by atoms with Crippen molar-refractivity contribution in [3.05, 3.63) is 23.3 Å². The lowest BCUT2D eigenvalue weighted by atomic mass is 9.80. The standard InChI is InChI=1S/C19H33NO3/c1-5-16(21)14(3)9-8-13(2)11-15-12-20-10-6-7-17(20)19(4,23)18(15)22/h9,11,13,16-18,21-23H,5-8,10,12H2,1-4H3/b14-9+,15-11+/t13-,16+,17+,18-,19-/m1/s1. The minimum absolute atomic E-state index is 0.0757. The monoisotopic (exact) mass is 323 g/mol. The van der Waals surface area contributed by atoms with Crippen molar-refractivity contribution in [2.45, 2.75) is 77.2 Å². The summed E-state index contributed by atoms with van der Waals surface area (Å²) in [5.41, 5.74) is 0.876. The fraction of sp³-hybridized carbons (Fsp3) is 0.789. The van der Waals surface area contributed by atoms with Gasteiger partial charge in [-0.2, -0.15) is 0 Å². The van der Waals surface area contributed by atoms with Crippen LogP contribution in [0.15, 0.2) is 23.3 Å². The Kier molecular flexibility index (Phi) is 6.06. The second-order valence-corrected chi connectivity index (χ2v) is 7.58. The first-order valence-electron chi connectivity index (χ1n) is 8.97. The van der Waals surface area contributed by atoms with Crippen LogP contribution in [0.4, 0.5) is 0 Å². The molecule has 0 aromatic rings. The molecule has 0 bridgehead atoms. The van der Waals surface area contributed by atoms with Crippen LogP contribution in [0.5, 0.6) is 0 Å². The lowest BCUT2D eigenvalue weighted by Crippen LogP contribution is -2.61. The fourth-order valence-electron chi connectivity index (χ4n) is 3.96. The van der Waals surface area contributed by atoms with Gasteiger partial charge in [0, 0.05) is 12.6 Å². The maximum Gasteiger partial charge on any atom is 0.107 e. The molecule has 0 aromatic heterocycles. The molecule has 2 aliphatic rings. The van der Waals surface area contributed by atoms with Gasteiger partial charge < -0.3 is 15.3 Å². The molecule has 2 fully saturated rings. The highest BCUT2D eigenvalue weighted by atomic mass is 16.3. The molecule has 0 radical (unpaired) electrons. The Morgan fingerprint density at radius 2 is 2.17 bits per heavy atom. The molecular weight excluding hydrogens is 290 g/mol. The number of piperidine rings is 1. The molecule has 2 rings (SSSR count). The maximum atomic E-state index is 10.7. The Morgan fingerprint density at radius 1 is 1.48 bits per heavy atom. The van der Waals surface area contributed by atoms with Crippen molar-refractivity contribution in [1.82, 2.24) is 4.90 Å². The van der Waals surface area contributed by atoms with Crippen molar-refractivity contribution in [3.8, 4) is 0 Å². The Labute approximate surface area is 140 Å². The van der Waals surface area contributed by atoms with E-state index in [1.807, 2.05) is 13.8 Å². The van der Waals surface area contributed by atoms with E-state index in [2.05, 4.69) is 24.0 Å². The summed E-state index contributed by atoms with van der Waals surface area (Å²) in [6, 6.07) is 0.0757. The summed E-state index contributed by atoms with van der Waals surface area (Å²) in [5.74, 6) is 0.272. The summed E-state index contributed by atoms with van der Waals surface area (Å²) in [6.07, 6.45) is 6.67. The van der Waals surface area contributed by atoms with Crippen molar-refractivity contribution >= 4 is 0 Å². The molecule has 0 aliphatic carbocycles. The Balaban J connectivity index is 2.06. The van der Waals surface area contributed by atoms with Crippen LogP contribution in [0.3, 0.4) is 0 Å². The van der Waals surface area contributed by atoms with Gasteiger partial charge in [0.05, 0.1) is 6.10 Å². The summed E-state index contributed by atoms with van der Waals surface area (Å²) in [7, 11) is 0. The van der Waals surface area contributed by atoms with Gasteiger partial charge in [-0.05, 0) is 63.1 Å². The fourth-order valence-corrected chi connectivity index (χ4v) is 3.96. The molecular formula is C19H33NO3. The van der Waals surface area contributed by atoms with E-state index in [9.17, 15) is 15.3 Å². The van der Waals surface area contributed by atoms with E-state index in [1.54, 1.807) is 6.92 Å². The number of hydrogen-bond donors (Lipinski definition) is 3. The van der Waals surface area contributed by atoms with Crippen LogP contribution >= 0.6 is 0 Å². The number of allylic oxidation sites excluding steroid dienone is 2. The summed E-state index contributed by atoms with van der Waals surface area (Å²) in [5, 5.41) is 31.1. The molecule has 0 aromatic carbocycles. The highest BCUT2D eigenvalue weighted by Crippen LogP contribution is 2.37. The summed E-state index contributed by atoms with van der Waals surface area (Å²) in [4.78, 5) is 2.30. The molecule has 2 saturated heterocycles. The molecule has 23 heavy (non-hydrogen) atoms. The largest absolute Gasteiger partial charge is 0.389 e. The molecule has 2 heterocycles. The van der Waals surface area contributed by atoms with Crippen LogP contribution in [0.25, 0.3) is 0 Å². The van der Waals surface area contributed by atoms with E-state index in [0.717, 1.165) is 49.9 Å². The lowest BCUT2D eigenvalue weighted by molar-refractivity contribution is -0.110. The normalized spacial score (nSPS) is 37.0. The predicted molar refractivity (Wildman–Crippen MR) is 93.1 cm³/mol. The zero-order valence-corrected chi connectivity index (χ0v) is 15.0. The van der Waals surface area contributed by atoms with Crippen molar-refractivity contribution in [1.29, 1.82) is 0 Å². The van der Waals surface area contributed by atoms with Gasteiger partial charge in [0.2, 0.25) is 0 Å². The summed E-state index contributed by atoms with van der Waals surface area (Å²) >= 11 is 0. The van der Waals surface area contributed by atoms with Crippen molar-refractivity contribution in [3.63, 3.8) is 0 Å². The third-order valence-corrected chi connectivity index (χ3v) is 5.55. The number of aliphatic hydroxyl groups excluding tert-OH is 2. The molecule has 0 unspecified atom stereocenters. The Morgan fingerprint density at radius 3 is 2.83 bits per heavy atom. The van der Waals surface area contributed by atoms with Crippen molar-refractivity contribution in [2.75, 3.05) is 13.1 Å². The van der Waals surface area contributed by atoms with Crippen LogP contribution in [0.1, 0.15) is 53.4 Å². The average Bonchev–Trinajstić information content (AvgIpc) is 2.98. The van der Waals surface area contributed by atoms with Gasteiger partial charge in [-0.3, -0.25) is 4.90 Å². The van der Waals surface area contributed by atoms with E-state index >= 15 is 0 Å². The van der Waals surface area contributed by atoms with Gasteiger partial charge in [-0.25, -0.2) is 0 Å². The zero-order valence-electron chi connectivity index (χ0n) is 15.0. The number of hydrogen-bond acceptors (Lipinski definition) is 4. The van der Waals surface area contributed by atoms with E-state index in [1.165, 1.54) is 0 Å². The molecule has 132 valence electrons. The lowest BCUT2D eigenvalue weighted by Gasteiger charge is -2.46. The average molecular weight is 323 g/mol. The maximum absolute atomic E-state index is 10.7. The van der Waals surface area contributed by atoms with Gasteiger partial charge in [0.15, 0.2) is 0 Å². The van der Waals surface area contributed by atoms with Crippen molar-refractivity contribution < 1.29 is 15.3 Å². The van der Waals surface area contributed by atoms with E-state index < -0.39 is 11.7 Å². The number of fused-ring (bicyclic) bond motifs is 1. The molecule has 0 spiro atoms. The van der Waals surface area contributed by atoms with E-state index in [-0.39, 0.29) is 18.1 Å². The molecule has 5 atom stereocenters. The highest BCUT2D eigenvalue weighted by Gasteiger charge is 2.49. The minimum Gasteiger partial charge on any atom is -0.389 e. The van der Waals surface area contributed by atoms with Gasteiger partial charge in [-0.15, -0.1) is 0 Å². The Bertz CT molecular complexity index is 469. The van der Waals surface area contributed by atoms with Gasteiger partial charge in [0.1, 0.15) is 11.7 Å². The first kappa shape index (κ1) is 18.7. The minimum atomic E-state index is -1.07. The third-order valence-electron chi connectivity index (χ3n) is 5.55. The second kappa shape index (κ2) is 7.47. The van der Waals surface area contributed by atoms with Crippen molar-refractivity contribution in [2.24, 2.45) is 5.92 Å². The number of rotatable bonds is 5. The van der Waals surface area contributed by atoms with Crippen LogP contribution in [-0.2, 0) is 0 Å². The molecule has 2 aliphatic heterocycles. The smallest absolute Gasteiger partial charge is 0.107 e. The quantitative estimate of drug-likeness (QED) is 0.679. The first-order chi connectivity index (χ1) is 10.8. The first-order valence-corrected chi connectivity index (χ1v) is 8.97. The molecule has 3 N–H and O–H groups in total. The summed E-state index contributed by atoms with van der Waals surface area (Å²) < 4.78 is 0. The zero-order chi connectivity index (χ0) is 17.2. The Hall–Kier alpha value is -0.680. The number of aliphatic hydroxyl groups is 3. The molecule has 0 amide bonds. The van der Waals surface area contributed by atoms with Crippen LogP contribution < -0.4 is 0 Å². The van der Waals surface area contributed by atoms with Gasteiger partial charge >= 0.3 is 0 Å². The summed E-state index contributed by atoms with van der Waals surface area (Å²) in [6.45, 7) is 9.57. The van der Waals surface area contributed by atoms with Gasteiger partial charge in [0.25, 0.3) is 0 Å². The van der Waals surface area contributed by atoms with Crippen LogP contribution in [0, 0.1) is 5.92 Å². The third kappa shape index (κ3) is 4.05. The molecule has 0 saturated carbocycles. The molecule has 4 heteroatoms. The van der Waals surface area contributed by atoms with E-state index in [0.29, 0.717) is 0 Å². The van der Waals surface area contributed by atoms with E-state index in [4.69, 9.17) is 0 Å². The van der Waals surface area contributed by atoms with Crippen LogP contribution in [0.2, 0.25) is 0 Å². The predicted octanol–water partition coefficient (Wildman–Crippen LogP) is 2.25. The van der Waals surface area contributed by atoms with Gasteiger partial charge in [-0.1, -0.05) is 26.0 Å². The highest BCUT2D eigenvalue weighted by molar-refractivity contribution is 5.24.